The zero-order valence-electron chi connectivity index (χ0n) is 13.6. The van der Waals surface area contributed by atoms with E-state index in [-0.39, 0.29) is 11.9 Å². The Morgan fingerprint density at radius 2 is 2.17 bits per heavy atom. The molecule has 1 aliphatic carbocycles. The third-order valence-electron chi connectivity index (χ3n) is 5.13. The molecule has 1 aromatic heterocycles. The Labute approximate surface area is 136 Å². The normalized spacial score (nSPS) is 20.0. The summed E-state index contributed by atoms with van der Waals surface area (Å²) in [6, 6.07) is 6.69. The first-order valence-electron chi connectivity index (χ1n) is 8.62. The van der Waals surface area contributed by atoms with Crippen molar-refractivity contribution in [1.82, 2.24) is 14.9 Å². The number of rotatable bonds is 3. The summed E-state index contributed by atoms with van der Waals surface area (Å²) >= 11 is 0. The third-order valence-corrected chi connectivity index (χ3v) is 5.13. The maximum absolute atomic E-state index is 12.8. The molecule has 1 aromatic carbocycles. The van der Waals surface area contributed by atoms with Crippen molar-refractivity contribution in [1.29, 1.82) is 0 Å². The zero-order chi connectivity index (χ0) is 15.8. The zero-order valence-corrected chi connectivity index (χ0v) is 13.6. The highest BCUT2D eigenvalue weighted by Crippen LogP contribution is 2.31. The number of aromatic nitrogens is 2. The number of aryl methyl sites for hydroxylation is 3. The lowest BCUT2D eigenvalue weighted by Crippen LogP contribution is -2.32. The summed E-state index contributed by atoms with van der Waals surface area (Å²) in [5.41, 5.74) is 5.11. The van der Waals surface area contributed by atoms with Crippen LogP contribution in [0.3, 0.4) is 0 Å². The Balaban J connectivity index is 1.50. The minimum absolute atomic E-state index is 0.116. The van der Waals surface area contributed by atoms with Crippen LogP contribution in [0.15, 0.2) is 24.4 Å². The lowest BCUT2D eigenvalue weighted by Gasteiger charge is -2.23. The number of nitrogens with zero attached hydrogens (tertiary/aromatic N) is 2. The highest BCUT2D eigenvalue weighted by Gasteiger charge is 2.31. The largest absolute Gasteiger partial charge is 0.344 e. The minimum Gasteiger partial charge on any atom is -0.344 e. The van der Waals surface area contributed by atoms with Gasteiger partial charge in [0.15, 0.2) is 0 Å². The van der Waals surface area contributed by atoms with Gasteiger partial charge in [-0.3, -0.25) is 4.79 Å². The standard InChI is InChI=1S/C19H23N3O/c1-13-12-20-19(21-13)17-6-3-9-22(17)18(23)11-14-7-8-15-4-2-5-16(15)10-14/h7-8,10,12,17H,2-6,9,11H2,1H3,(H,20,21)/t17-/m1/s1. The van der Waals surface area contributed by atoms with Crippen LogP contribution < -0.4 is 0 Å². The average molecular weight is 309 g/mol. The number of nitrogens with one attached hydrogen (secondary N) is 1. The van der Waals surface area contributed by atoms with Crippen LogP contribution in [0.1, 0.15) is 53.5 Å². The molecular weight excluding hydrogens is 286 g/mol. The molecule has 2 heterocycles. The number of fused-ring (bicyclic) bond motifs is 1. The molecule has 0 bridgehead atoms. The summed E-state index contributed by atoms with van der Waals surface area (Å²) in [5, 5.41) is 0. The predicted molar refractivity (Wildman–Crippen MR) is 89.2 cm³/mol. The van der Waals surface area contributed by atoms with Gasteiger partial charge in [-0.15, -0.1) is 0 Å². The monoisotopic (exact) mass is 309 g/mol. The number of H-pyrrole nitrogens is 1. The second kappa shape index (κ2) is 5.84. The number of carbonyl (C=O) groups is 1. The van der Waals surface area contributed by atoms with E-state index in [0.29, 0.717) is 6.42 Å². The van der Waals surface area contributed by atoms with Gasteiger partial charge in [0.2, 0.25) is 5.91 Å². The van der Waals surface area contributed by atoms with Gasteiger partial charge >= 0.3 is 0 Å². The van der Waals surface area contributed by atoms with E-state index in [1.807, 2.05) is 18.0 Å². The molecule has 1 saturated heterocycles. The van der Waals surface area contributed by atoms with Crippen molar-refractivity contribution in [2.75, 3.05) is 6.54 Å². The fourth-order valence-electron chi connectivity index (χ4n) is 3.96. The summed E-state index contributed by atoms with van der Waals surface area (Å²) in [4.78, 5) is 22.5. The maximum Gasteiger partial charge on any atom is 0.227 e. The van der Waals surface area contributed by atoms with Crippen LogP contribution >= 0.6 is 0 Å². The van der Waals surface area contributed by atoms with Crippen LogP contribution in [-0.4, -0.2) is 27.3 Å². The van der Waals surface area contributed by atoms with Gasteiger partial charge in [-0.25, -0.2) is 4.98 Å². The van der Waals surface area contributed by atoms with E-state index < -0.39 is 0 Å². The Bertz CT molecular complexity index is 734. The van der Waals surface area contributed by atoms with E-state index in [4.69, 9.17) is 0 Å². The summed E-state index contributed by atoms with van der Waals surface area (Å²) in [6.45, 7) is 2.84. The number of aromatic amines is 1. The Kier molecular flexibility index (Phi) is 3.68. The predicted octanol–water partition coefficient (Wildman–Crippen LogP) is 3.11. The number of likely N-dealkylation sites (tertiary alicyclic amines) is 1. The molecule has 0 spiro atoms. The fraction of sp³-hybridized carbons (Fsp3) is 0.474. The maximum atomic E-state index is 12.8. The summed E-state index contributed by atoms with van der Waals surface area (Å²) in [5.74, 6) is 1.15. The van der Waals surface area contributed by atoms with Crippen molar-refractivity contribution < 1.29 is 4.79 Å². The van der Waals surface area contributed by atoms with E-state index in [1.165, 1.54) is 24.0 Å². The number of hydrogen-bond acceptors (Lipinski definition) is 2. The number of amides is 1. The Hall–Kier alpha value is -2.10. The van der Waals surface area contributed by atoms with Crippen molar-refractivity contribution in [2.45, 2.75) is 51.5 Å². The van der Waals surface area contributed by atoms with Crippen LogP contribution in [0.25, 0.3) is 0 Å². The molecule has 4 rings (SSSR count). The molecule has 1 N–H and O–H groups in total. The number of imidazole rings is 1. The van der Waals surface area contributed by atoms with Crippen molar-refractivity contribution in [3.05, 3.63) is 52.6 Å². The van der Waals surface area contributed by atoms with Gasteiger partial charge in [0.1, 0.15) is 5.82 Å². The van der Waals surface area contributed by atoms with Gasteiger partial charge in [-0.2, -0.15) is 0 Å². The lowest BCUT2D eigenvalue weighted by molar-refractivity contribution is -0.131. The molecule has 1 aliphatic heterocycles. The molecule has 4 heteroatoms. The number of carbonyl (C=O) groups excluding carboxylic acids is 1. The lowest BCUT2D eigenvalue weighted by atomic mass is 10.0. The van der Waals surface area contributed by atoms with E-state index >= 15 is 0 Å². The van der Waals surface area contributed by atoms with E-state index in [9.17, 15) is 4.79 Å². The molecule has 120 valence electrons. The number of benzene rings is 1. The second-order valence-electron chi connectivity index (χ2n) is 6.83. The second-order valence-corrected chi connectivity index (χ2v) is 6.83. The first-order chi connectivity index (χ1) is 11.2. The van der Waals surface area contributed by atoms with Crippen molar-refractivity contribution in [2.24, 2.45) is 0 Å². The average Bonchev–Trinajstić information content (AvgIpc) is 3.26. The van der Waals surface area contributed by atoms with Crippen LogP contribution in [0, 0.1) is 6.92 Å². The van der Waals surface area contributed by atoms with Crippen LogP contribution in [0.5, 0.6) is 0 Å². The molecule has 2 aromatic rings. The molecule has 0 unspecified atom stereocenters. The van der Waals surface area contributed by atoms with Crippen LogP contribution in [0.4, 0.5) is 0 Å². The van der Waals surface area contributed by atoms with Crippen LogP contribution in [0.2, 0.25) is 0 Å². The van der Waals surface area contributed by atoms with Gasteiger partial charge in [0.25, 0.3) is 0 Å². The van der Waals surface area contributed by atoms with Gasteiger partial charge in [0, 0.05) is 18.4 Å². The van der Waals surface area contributed by atoms with Gasteiger partial charge in [-0.1, -0.05) is 18.2 Å². The highest BCUT2D eigenvalue weighted by atomic mass is 16.2. The molecule has 1 fully saturated rings. The van der Waals surface area contributed by atoms with E-state index in [0.717, 1.165) is 42.9 Å². The van der Waals surface area contributed by atoms with Gasteiger partial charge in [0.05, 0.1) is 12.5 Å². The minimum atomic E-state index is 0.116. The quantitative estimate of drug-likeness (QED) is 0.947. The molecule has 1 atom stereocenters. The fourth-order valence-corrected chi connectivity index (χ4v) is 3.96. The van der Waals surface area contributed by atoms with Crippen molar-refractivity contribution in [3.63, 3.8) is 0 Å². The van der Waals surface area contributed by atoms with Crippen molar-refractivity contribution in [3.8, 4) is 0 Å². The Morgan fingerprint density at radius 3 is 3.00 bits per heavy atom. The van der Waals surface area contributed by atoms with Gasteiger partial charge in [-0.05, 0) is 55.7 Å². The SMILES string of the molecule is Cc1cnc([C@H]2CCCN2C(=O)Cc2ccc3c(c2)CCC3)[nH]1. The Morgan fingerprint density at radius 1 is 1.30 bits per heavy atom. The molecule has 1 amide bonds. The van der Waals surface area contributed by atoms with E-state index in [2.05, 4.69) is 28.2 Å². The highest BCUT2D eigenvalue weighted by molar-refractivity contribution is 5.79. The first-order valence-corrected chi connectivity index (χ1v) is 8.62. The molecule has 23 heavy (non-hydrogen) atoms. The molecule has 0 radical (unpaired) electrons. The molecule has 2 aliphatic rings. The smallest absolute Gasteiger partial charge is 0.227 e. The summed E-state index contributed by atoms with van der Waals surface area (Å²) in [6.07, 6.45) is 8.01. The summed E-state index contributed by atoms with van der Waals surface area (Å²) < 4.78 is 0. The topological polar surface area (TPSA) is 49.0 Å². The summed E-state index contributed by atoms with van der Waals surface area (Å²) in [7, 11) is 0. The molecule has 4 nitrogen and oxygen atoms in total. The van der Waals surface area contributed by atoms with Crippen molar-refractivity contribution >= 4 is 5.91 Å². The molecule has 0 saturated carbocycles. The molecular formula is C19H23N3O. The van der Waals surface area contributed by atoms with Crippen LogP contribution in [-0.2, 0) is 24.1 Å². The van der Waals surface area contributed by atoms with Gasteiger partial charge < -0.3 is 9.88 Å². The number of hydrogen-bond donors (Lipinski definition) is 1. The first kappa shape index (κ1) is 14.5. The van der Waals surface area contributed by atoms with E-state index in [1.54, 1.807) is 0 Å². The third kappa shape index (κ3) is 2.78.